The van der Waals surface area contributed by atoms with Gasteiger partial charge in [0.1, 0.15) is 12.4 Å². The fraction of sp³-hybridized carbons (Fsp3) is 0.333. The van der Waals surface area contributed by atoms with Crippen LogP contribution in [0, 0.1) is 5.92 Å². The highest BCUT2D eigenvalue weighted by Gasteiger charge is 2.33. The first-order chi connectivity index (χ1) is 18.0. The van der Waals surface area contributed by atoms with Crippen LogP contribution in [0.2, 0.25) is 0 Å². The Morgan fingerprint density at radius 3 is 2.62 bits per heavy atom. The molecule has 4 aromatic rings. The lowest BCUT2D eigenvalue weighted by Gasteiger charge is -2.30. The van der Waals surface area contributed by atoms with Crippen molar-refractivity contribution in [3.05, 3.63) is 94.0 Å². The average molecular weight is 497 g/mol. The minimum Gasteiger partial charge on any atom is -0.489 e. The Labute approximate surface area is 216 Å². The van der Waals surface area contributed by atoms with E-state index in [4.69, 9.17) is 4.74 Å². The minimum absolute atomic E-state index is 0.111. The molecule has 0 radical (unpaired) electrons. The van der Waals surface area contributed by atoms with Crippen LogP contribution in [-0.2, 0) is 31.4 Å². The van der Waals surface area contributed by atoms with E-state index in [2.05, 4.69) is 35.7 Å². The van der Waals surface area contributed by atoms with Crippen molar-refractivity contribution < 1.29 is 9.53 Å². The number of likely N-dealkylation sites (tertiary alicyclic amines) is 1. The van der Waals surface area contributed by atoms with Gasteiger partial charge in [-0.15, -0.1) is 0 Å². The highest BCUT2D eigenvalue weighted by atomic mass is 16.5. The van der Waals surface area contributed by atoms with E-state index in [1.54, 1.807) is 10.8 Å². The van der Waals surface area contributed by atoms with E-state index in [1.807, 2.05) is 47.4 Å². The van der Waals surface area contributed by atoms with Gasteiger partial charge in [-0.25, -0.2) is 0 Å². The Morgan fingerprint density at radius 1 is 1.03 bits per heavy atom. The first kappa shape index (κ1) is 23.6. The number of aryl methyl sites for hydroxylation is 1. The first-order valence-corrected chi connectivity index (χ1v) is 13.0. The summed E-state index contributed by atoms with van der Waals surface area (Å²) in [6.45, 7) is 3.67. The number of amides is 1. The summed E-state index contributed by atoms with van der Waals surface area (Å²) in [6, 6.07) is 19.4. The summed E-state index contributed by atoms with van der Waals surface area (Å²) >= 11 is 0. The Balaban J connectivity index is 1.24. The zero-order chi connectivity index (χ0) is 25.5. The summed E-state index contributed by atoms with van der Waals surface area (Å²) in [4.78, 5) is 30.4. The zero-order valence-corrected chi connectivity index (χ0v) is 21.4. The van der Waals surface area contributed by atoms with Gasteiger partial charge in [-0.1, -0.05) is 36.4 Å². The number of carbonyl (C=O) groups is 1. The van der Waals surface area contributed by atoms with Crippen molar-refractivity contribution in [3.63, 3.8) is 0 Å². The normalized spacial score (nSPS) is 17.8. The standard InChI is InChI=1S/C30H32N4O3/c1-31-13-10-22(18-31)30(36)33-14-12-27-26(19-33)25-9-8-23(16-28(25)32(27)2)34-15-11-24(17-29(34)35)37-20-21-6-4-3-5-7-21/h3-9,11,15-17,22H,10,12-14,18-20H2,1-2H3/t22-/m0/s1. The molecule has 0 N–H and O–H groups in total. The zero-order valence-electron chi connectivity index (χ0n) is 21.4. The molecule has 2 aromatic carbocycles. The maximum atomic E-state index is 13.2. The lowest BCUT2D eigenvalue weighted by Crippen LogP contribution is -2.40. The number of fused-ring (bicyclic) bond motifs is 3. The summed E-state index contributed by atoms with van der Waals surface area (Å²) in [5, 5.41) is 1.15. The number of benzene rings is 2. The Hall–Kier alpha value is -3.84. The van der Waals surface area contributed by atoms with Crippen molar-refractivity contribution in [2.75, 3.05) is 26.7 Å². The van der Waals surface area contributed by atoms with Gasteiger partial charge in [0, 0.05) is 62.0 Å². The molecule has 7 heteroatoms. The first-order valence-electron chi connectivity index (χ1n) is 13.0. The van der Waals surface area contributed by atoms with Gasteiger partial charge in [-0.05, 0) is 43.8 Å². The van der Waals surface area contributed by atoms with Crippen LogP contribution in [-0.4, -0.2) is 51.5 Å². The van der Waals surface area contributed by atoms with Gasteiger partial charge in [0.15, 0.2) is 0 Å². The van der Waals surface area contributed by atoms with Crippen LogP contribution in [0.15, 0.2) is 71.7 Å². The number of hydrogen-bond donors (Lipinski definition) is 0. The fourth-order valence-electron chi connectivity index (χ4n) is 5.80. The summed E-state index contributed by atoms with van der Waals surface area (Å²) in [5.74, 6) is 0.947. The molecule has 7 nitrogen and oxygen atoms in total. The van der Waals surface area contributed by atoms with E-state index >= 15 is 0 Å². The Bertz CT molecular complexity index is 1520. The summed E-state index contributed by atoms with van der Waals surface area (Å²) in [5.41, 5.74) is 5.31. The topological polar surface area (TPSA) is 59.7 Å². The number of hydrogen-bond acceptors (Lipinski definition) is 4. The molecule has 4 heterocycles. The second-order valence-electron chi connectivity index (χ2n) is 10.3. The van der Waals surface area contributed by atoms with Crippen molar-refractivity contribution >= 4 is 16.8 Å². The van der Waals surface area contributed by atoms with E-state index in [0.717, 1.165) is 54.6 Å². The predicted molar refractivity (Wildman–Crippen MR) is 144 cm³/mol. The van der Waals surface area contributed by atoms with Crippen LogP contribution in [0.4, 0.5) is 0 Å². The molecular weight excluding hydrogens is 464 g/mol. The Morgan fingerprint density at radius 2 is 1.86 bits per heavy atom. The van der Waals surface area contributed by atoms with Crippen molar-refractivity contribution in [3.8, 4) is 11.4 Å². The highest BCUT2D eigenvalue weighted by Crippen LogP contribution is 2.32. The maximum absolute atomic E-state index is 13.2. The third kappa shape index (κ3) is 4.44. The maximum Gasteiger partial charge on any atom is 0.258 e. The molecule has 1 atom stereocenters. The largest absolute Gasteiger partial charge is 0.489 e. The van der Waals surface area contributed by atoms with Crippen molar-refractivity contribution in [1.82, 2.24) is 18.9 Å². The van der Waals surface area contributed by atoms with E-state index in [9.17, 15) is 9.59 Å². The van der Waals surface area contributed by atoms with Gasteiger partial charge in [-0.3, -0.25) is 14.2 Å². The lowest BCUT2D eigenvalue weighted by atomic mass is 10.0. The third-order valence-corrected chi connectivity index (χ3v) is 7.86. The van der Waals surface area contributed by atoms with Gasteiger partial charge in [0.05, 0.1) is 17.1 Å². The summed E-state index contributed by atoms with van der Waals surface area (Å²) in [6.07, 6.45) is 3.56. The second-order valence-corrected chi connectivity index (χ2v) is 10.3. The van der Waals surface area contributed by atoms with Crippen LogP contribution in [0.5, 0.6) is 5.75 Å². The molecule has 0 spiro atoms. The number of ether oxygens (including phenoxy) is 1. The molecule has 1 saturated heterocycles. The molecule has 0 bridgehead atoms. The van der Waals surface area contributed by atoms with E-state index < -0.39 is 0 Å². The van der Waals surface area contributed by atoms with E-state index in [0.29, 0.717) is 18.9 Å². The Kier molecular flexibility index (Phi) is 6.08. The third-order valence-electron chi connectivity index (χ3n) is 7.86. The second kappa shape index (κ2) is 9.56. The molecule has 2 aromatic heterocycles. The lowest BCUT2D eigenvalue weighted by molar-refractivity contribution is -0.136. The van der Waals surface area contributed by atoms with Crippen molar-refractivity contribution in [1.29, 1.82) is 0 Å². The van der Waals surface area contributed by atoms with Gasteiger partial charge in [0.25, 0.3) is 5.56 Å². The number of aromatic nitrogens is 2. The fourth-order valence-corrected chi connectivity index (χ4v) is 5.80. The SMILES string of the molecule is CN1CC[C@H](C(=O)N2CCc3c(c4ccc(-n5ccc(OCc6ccccc6)cc5=O)cc4n3C)C2)C1. The number of nitrogens with zero attached hydrogens (tertiary/aromatic N) is 4. The van der Waals surface area contributed by atoms with Gasteiger partial charge >= 0.3 is 0 Å². The minimum atomic E-state index is -0.137. The van der Waals surface area contributed by atoms with Crippen LogP contribution in [0.3, 0.4) is 0 Å². The van der Waals surface area contributed by atoms with Crippen LogP contribution in [0.1, 0.15) is 23.2 Å². The molecule has 0 unspecified atom stereocenters. The molecule has 2 aliphatic rings. The van der Waals surface area contributed by atoms with Gasteiger partial charge in [0.2, 0.25) is 5.91 Å². The van der Waals surface area contributed by atoms with Crippen molar-refractivity contribution in [2.24, 2.45) is 13.0 Å². The number of pyridine rings is 1. The van der Waals surface area contributed by atoms with Gasteiger partial charge < -0.3 is 19.1 Å². The number of rotatable bonds is 5. The summed E-state index contributed by atoms with van der Waals surface area (Å²) in [7, 11) is 4.16. The smallest absolute Gasteiger partial charge is 0.258 e. The monoisotopic (exact) mass is 496 g/mol. The molecule has 0 saturated carbocycles. The molecular formula is C30H32N4O3. The van der Waals surface area contributed by atoms with Crippen molar-refractivity contribution in [2.45, 2.75) is 26.0 Å². The van der Waals surface area contributed by atoms with Gasteiger partial charge in [-0.2, -0.15) is 0 Å². The summed E-state index contributed by atoms with van der Waals surface area (Å²) < 4.78 is 9.70. The molecule has 2 aliphatic heterocycles. The number of carbonyl (C=O) groups excluding carboxylic acids is 1. The molecule has 6 rings (SSSR count). The molecule has 0 aliphatic carbocycles. The van der Waals surface area contributed by atoms with E-state index in [-0.39, 0.29) is 17.4 Å². The van der Waals surface area contributed by atoms with Crippen LogP contribution in [0.25, 0.3) is 16.6 Å². The average Bonchev–Trinajstić information content (AvgIpc) is 3.48. The van der Waals surface area contributed by atoms with Crippen LogP contribution >= 0.6 is 0 Å². The van der Waals surface area contributed by atoms with Crippen LogP contribution < -0.4 is 10.3 Å². The quantitative estimate of drug-likeness (QED) is 0.422. The predicted octanol–water partition coefficient (Wildman–Crippen LogP) is 3.74. The van der Waals surface area contributed by atoms with E-state index in [1.165, 1.54) is 17.3 Å². The molecule has 37 heavy (non-hydrogen) atoms. The highest BCUT2D eigenvalue weighted by molar-refractivity contribution is 5.88. The molecule has 1 amide bonds. The molecule has 1 fully saturated rings. The molecule has 190 valence electrons.